The summed E-state index contributed by atoms with van der Waals surface area (Å²) in [6, 6.07) is 13.8. The van der Waals surface area contributed by atoms with Gasteiger partial charge in [-0.05, 0) is 48.7 Å². The zero-order valence-electron chi connectivity index (χ0n) is 15.6. The van der Waals surface area contributed by atoms with Crippen LogP contribution in [0.2, 0.25) is 0 Å². The molecule has 1 unspecified atom stereocenters. The number of hydrogen-bond acceptors (Lipinski definition) is 4. The molecule has 27 heavy (non-hydrogen) atoms. The number of hydrogen-bond donors (Lipinski definition) is 2. The fourth-order valence-corrected chi connectivity index (χ4v) is 3.37. The number of rotatable bonds is 7. The first-order valence-electron chi connectivity index (χ1n) is 8.91. The molecule has 0 saturated carbocycles. The van der Waals surface area contributed by atoms with Gasteiger partial charge in [-0.25, -0.2) is 0 Å². The molecule has 2 heterocycles. The average molecular weight is 360 g/mol. The number of aryl methyl sites for hydroxylation is 2. The highest BCUT2D eigenvalue weighted by Crippen LogP contribution is 2.28. The predicted molar refractivity (Wildman–Crippen MR) is 106 cm³/mol. The van der Waals surface area contributed by atoms with E-state index in [1.165, 1.54) is 0 Å². The van der Waals surface area contributed by atoms with Crippen molar-refractivity contribution in [3.05, 3.63) is 95.1 Å². The molecule has 5 heteroatoms. The quantitative estimate of drug-likeness (QED) is 0.679. The van der Waals surface area contributed by atoms with Crippen LogP contribution in [-0.2, 0) is 23.3 Å². The molecule has 0 fully saturated rings. The summed E-state index contributed by atoms with van der Waals surface area (Å²) in [4.78, 5) is 21.0. The summed E-state index contributed by atoms with van der Waals surface area (Å²) in [5.41, 5.74) is 9.97. The largest absolute Gasteiger partial charge is 0.368 e. The Kier molecular flexibility index (Phi) is 5.62. The number of benzene rings is 1. The topological polar surface area (TPSA) is 80.9 Å². The van der Waals surface area contributed by atoms with Crippen LogP contribution in [0.15, 0.2) is 67.3 Å². The third kappa shape index (κ3) is 4.38. The minimum Gasteiger partial charge on any atom is -0.368 e. The Balaban J connectivity index is 2.05. The Morgan fingerprint density at radius 3 is 2.30 bits per heavy atom. The molecule has 1 atom stereocenters. The van der Waals surface area contributed by atoms with E-state index in [1.54, 1.807) is 24.8 Å². The van der Waals surface area contributed by atoms with E-state index in [1.807, 2.05) is 50.2 Å². The van der Waals surface area contributed by atoms with E-state index in [4.69, 9.17) is 5.73 Å². The molecular weight excluding hydrogens is 336 g/mol. The molecule has 0 aliphatic carbocycles. The second-order valence-electron chi connectivity index (χ2n) is 6.89. The van der Waals surface area contributed by atoms with Gasteiger partial charge in [0.15, 0.2) is 0 Å². The van der Waals surface area contributed by atoms with Crippen LogP contribution in [0.4, 0.5) is 0 Å². The van der Waals surface area contributed by atoms with E-state index in [0.29, 0.717) is 13.0 Å². The Hall–Kier alpha value is -3.05. The Morgan fingerprint density at radius 1 is 1.00 bits per heavy atom. The van der Waals surface area contributed by atoms with Gasteiger partial charge in [-0.2, -0.15) is 0 Å². The summed E-state index contributed by atoms with van der Waals surface area (Å²) in [5, 5.41) is 3.44. The highest BCUT2D eigenvalue weighted by atomic mass is 16.1. The third-order valence-electron chi connectivity index (χ3n) is 4.67. The summed E-state index contributed by atoms with van der Waals surface area (Å²) < 4.78 is 0. The lowest BCUT2D eigenvalue weighted by atomic mass is 9.81. The number of primary amides is 1. The second-order valence-corrected chi connectivity index (χ2v) is 6.89. The molecule has 1 amide bonds. The van der Waals surface area contributed by atoms with Crippen LogP contribution in [0.3, 0.4) is 0 Å². The average Bonchev–Trinajstić information content (AvgIpc) is 2.66. The van der Waals surface area contributed by atoms with Gasteiger partial charge in [0.25, 0.3) is 0 Å². The molecule has 5 nitrogen and oxygen atoms in total. The van der Waals surface area contributed by atoms with Crippen LogP contribution in [0.5, 0.6) is 0 Å². The molecular formula is C22H24N4O. The molecule has 0 bridgehead atoms. The SMILES string of the molecule is Cc1cc(C)cc(C(Cc2cccnc2)(NCc2ccncc2)C(N)=O)c1. The van der Waals surface area contributed by atoms with Crippen molar-refractivity contribution in [1.82, 2.24) is 15.3 Å². The number of aromatic nitrogens is 2. The number of pyridine rings is 2. The van der Waals surface area contributed by atoms with Crippen LogP contribution in [0.25, 0.3) is 0 Å². The zero-order chi connectivity index (χ0) is 19.3. The maximum Gasteiger partial charge on any atom is 0.242 e. The van der Waals surface area contributed by atoms with Gasteiger partial charge in [-0.15, -0.1) is 0 Å². The fourth-order valence-electron chi connectivity index (χ4n) is 3.37. The maximum absolute atomic E-state index is 12.8. The van der Waals surface area contributed by atoms with Crippen LogP contribution in [-0.4, -0.2) is 15.9 Å². The first-order chi connectivity index (χ1) is 13.0. The second kappa shape index (κ2) is 8.10. The fraction of sp³-hybridized carbons (Fsp3) is 0.227. The molecule has 0 saturated heterocycles. The van der Waals surface area contributed by atoms with Crippen molar-refractivity contribution in [3.63, 3.8) is 0 Å². The molecule has 0 spiro atoms. The van der Waals surface area contributed by atoms with Crippen molar-refractivity contribution in [1.29, 1.82) is 0 Å². The Morgan fingerprint density at radius 2 is 1.70 bits per heavy atom. The molecule has 138 valence electrons. The Bertz CT molecular complexity index is 892. The third-order valence-corrected chi connectivity index (χ3v) is 4.67. The maximum atomic E-state index is 12.8. The molecule has 1 aromatic carbocycles. The van der Waals surface area contributed by atoms with E-state index < -0.39 is 11.4 Å². The number of nitrogens with two attached hydrogens (primary N) is 1. The summed E-state index contributed by atoms with van der Waals surface area (Å²) in [5.74, 6) is -0.412. The molecule has 0 radical (unpaired) electrons. The number of carbonyl (C=O) groups is 1. The van der Waals surface area contributed by atoms with Gasteiger partial charge in [0.2, 0.25) is 5.91 Å². The van der Waals surface area contributed by atoms with Crippen LogP contribution in [0.1, 0.15) is 27.8 Å². The van der Waals surface area contributed by atoms with Gasteiger partial charge < -0.3 is 5.73 Å². The summed E-state index contributed by atoms with van der Waals surface area (Å²) in [6.45, 7) is 4.54. The molecule has 3 rings (SSSR count). The van der Waals surface area contributed by atoms with Crippen molar-refractivity contribution < 1.29 is 4.79 Å². The van der Waals surface area contributed by atoms with E-state index in [9.17, 15) is 4.79 Å². The standard InChI is InChI=1S/C22H24N4O/c1-16-10-17(2)12-20(11-16)22(21(23)27,13-19-4-3-7-25-14-19)26-15-18-5-8-24-9-6-18/h3-12,14,26H,13,15H2,1-2H3,(H2,23,27). The zero-order valence-corrected chi connectivity index (χ0v) is 15.6. The summed E-state index contributed by atoms with van der Waals surface area (Å²) in [6.07, 6.45) is 7.39. The van der Waals surface area contributed by atoms with Gasteiger partial charge in [0.05, 0.1) is 0 Å². The van der Waals surface area contributed by atoms with E-state index >= 15 is 0 Å². The van der Waals surface area contributed by atoms with Crippen molar-refractivity contribution in [2.45, 2.75) is 32.4 Å². The molecule has 0 aliphatic heterocycles. The summed E-state index contributed by atoms with van der Waals surface area (Å²) >= 11 is 0. The lowest BCUT2D eigenvalue weighted by Crippen LogP contribution is -2.54. The smallest absolute Gasteiger partial charge is 0.242 e. The van der Waals surface area contributed by atoms with Crippen molar-refractivity contribution in [2.24, 2.45) is 5.73 Å². The van der Waals surface area contributed by atoms with Crippen LogP contribution in [0, 0.1) is 13.8 Å². The molecule has 0 aliphatic rings. The number of nitrogens with one attached hydrogen (secondary N) is 1. The lowest BCUT2D eigenvalue weighted by molar-refractivity contribution is -0.125. The first kappa shape index (κ1) is 18.7. The number of carbonyl (C=O) groups excluding carboxylic acids is 1. The normalized spacial score (nSPS) is 13.1. The van der Waals surface area contributed by atoms with Gasteiger partial charge in [-0.3, -0.25) is 20.1 Å². The highest BCUT2D eigenvalue weighted by Gasteiger charge is 2.38. The molecule has 3 aromatic rings. The number of nitrogens with zero attached hydrogens (tertiary/aromatic N) is 2. The minimum atomic E-state index is -1.04. The van der Waals surface area contributed by atoms with Crippen molar-refractivity contribution in [3.8, 4) is 0 Å². The van der Waals surface area contributed by atoms with Crippen LogP contribution >= 0.6 is 0 Å². The van der Waals surface area contributed by atoms with Crippen LogP contribution < -0.4 is 11.1 Å². The van der Waals surface area contributed by atoms with Gasteiger partial charge in [0.1, 0.15) is 5.54 Å². The van der Waals surface area contributed by atoms with Gasteiger partial charge in [0, 0.05) is 37.8 Å². The van der Waals surface area contributed by atoms with Gasteiger partial charge >= 0.3 is 0 Å². The monoisotopic (exact) mass is 360 g/mol. The van der Waals surface area contributed by atoms with Crippen molar-refractivity contribution in [2.75, 3.05) is 0 Å². The van der Waals surface area contributed by atoms with Crippen molar-refractivity contribution >= 4 is 5.91 Å². The van der Waals surface area contributed by atoms with Gasteiger partial charge in [-0.1, -0.05) is 35.4 Å². The number of amides is 1. The highest BCUT2D eigenvalue weighted by molar-refractivity contribution is 5.86. The minimum absolute atomic E-state index is 0.412. The van der Waals surface area contributed by atoms with E-state index in [2.05, 4.69) is 21.4 Å². The predicted octanol–water partition coefficient (Wildman–Crippen LogP) is 2.81. The summed E-state index contributed by atoms with van der Waals surface area (Å²) in [7, 11) is 0. The van der Waals surface area contributed by atoms with E-state index in [0.717, 1.165) is 27.8 Å². The Labute approximate surface area is 159 Å². The van der Waals surface area contributed by atoms with E-state index in [-0.39, 0.29) is 0 Å². The molecule has 3 N–H and O–H groups in total. The molecule has 2 aromatic heterocycles. The first-order valence-corrected chi connectivity index (χ1v) is 8.91. The lowest BCUT2D eigenvalue weighted by Gasteiger charge is -2.33.